The number of nitrogen functional groups attached to an aromatic ring is 1. The Labute approximate surface area is 228 Å². The van der Waals surface area contributed by atoms with Crippen LogP contribution < -0.4 is 15.8 Å². The summed E-state index contributed by atoms with van der Waals surface area (Å²) in [5.74, 6) is 0.177. The molecule has 38 heavy (non-hydrogen) atoms. The molecule has 0 spiro atoms. The first-order valence-electron chi connectivity index (χ1n) is 12.9. The van der Waals surface area contributed by atoms with Gasteiger partial charge in [0.2, 0.25) is 5.88 Å². The molecule has 0 radical (unpaired) electrons. The first kappa shape index (κ1) is 27.5. The lowest BCUT2D eigenvalue weighted by molar-refractivity contribution is 0.0929. The van der Waals surface area contributed by atoms with Crippen LogP contribution in [-0.2, 0) is 13.1 Å². The van der Waals surface area contributed by atoms with Gasteiger partial charge in [0.15, 0.2) is 0 Å². The fraction of sp³-hybridized carbons (Fsp3) is 0.429. The third-order valence-corrected chi connectivity index (χ3v) is 7.66. The molecule has 1 amide bonds. The highest BCUT2D eigenvalue weighted by Crippen LogP contribution is 2.31. The molecule has 0 unspecified atom stereocenters. The second kappa shape index (κ2) is 12.8. The number of rotatable bonds is 10. The molecule has 2 aromatic heterocycles. The minimum absolute atomic E-state index is 0.0978. The SMILES string of the molecule is CCOc1nc(C(=O)NCC2CCN(Cc3sc(-c4ccccc4)nc3CN(C)C)CC2)cc(N)c1C#N. The second-order valence-electron chi connectivity index (χ2n) is 9.74. The van der Waals surface area contributed by atoms with Crippen molar-refractivity contribution in [1.29, 1.82) is 5.26 Å². The average Bonchev–Trinajstić information content (AvgIpc) is 3.30. The summed E-state index contributed by atoms with van der Waals surface area (Å²) < 4.78 is 5.41. The van der Waals surface area contributed by atoms with Crippen LogP contribution in [0, 0.1) is 17.2 Å². The number of anilines is 1. The molecule has 0 atom stereocenters. The number of carbonyl (C=O) groups excluding carboxylic acids is 1. The highest BCUT2D eigenvalue weighted by molar-refractivity contribution is 7.15. The summed E-state index contributed by atoms with van der Waals surface area (Å²) in [7, 11) is 4.15. The number of nitrogens with one attached hydrogen (secondary N) is 1. The van der Waals surface area contributed by atoms with Gasteiger partial charge in [0, 0.05) is 30.1 Å². The number of amides is 1. The molecule has 4 rings (SSSR count). The average molecular weight is 534 g/mol. The maximum Gasteiger partial charge on any atom is 0.270 e. The third kappa shape index (κ3) is 6.86. The number of thiazole rings is 1. The van der Waals surface area contributed by atoms with E-state index in [9.17, 15) is 10.1 Å². The lowest BCUT2D eigenvalue weighted by atomic mass is 9.96. The van der Waals surface area contributed by atoms with Gasteiger partial charge >= 0.3 is 0 Å². The van der Waals surface area contributed by atoms with Crippen molar-refractivity contribution in [3.8, 4) is 22.5 Å². The van der Waals surface area contributed by atoms with Crippen LogP contribution in [-0.4, -0.2) is 66.0 Å². The van der Waals surface area contributed by atoms with E-state index in [-0.39, 0.29) is 28.7 Å². The van der Waals surface area contributed by atoms with Crippen molar-refractivity contribution in [3.63, 3.8) is 0 Å². The van der Waals surface area contributed by atoms with Crippen molar-refractivity contribution in [2.75, 3.05) is 46.1 Å². The van der Waals surface area contributed by atoms with E-state index >= 15 is 0 Å². The van der Waals surface area contributed by atoms with E-state index in [0.29, 0.717) is 19.1 Å². The van der Waals surface area contributed by atoms with Gasteiger partial charge in [-0.3, -0.25) is 9.69 Å². The molecule has 1 saturated heterocycles. The van der Waals surface area contributed by atoms with Gasteiger partial charge in [-0.25, -0.2) is 9.97 Å². The minimum Gasteiger partial charge on any atom is -0.477 e. The lowest BCUT2D eigenvalue weighted by Gasteiger charge is -2.31. The number of likely N-dealkylation sites (tertiary alicyclic amines) is 1. The molecule has 1 fully saturated rings. The van der Waals surface area contributed by atoms with Crippen LogP contribution in [0.25, 0.3) is 10.6 Å². The number of nitrogens with zero attached hydrogens (tertiary/aromatic N) is 5. The predicted octanol–water partition coefficient (Wildman–Crippen LogP) is 3.76. The molecular formula is C28H35N7O2S. The summed E-state index contributed by atoms with van der Waals surface area (Å²) >= 11 is 1.79. The van der Waals surface area contributed by atoms with E-state index in [1.165, 1.54) is 10.9 Å². The molecule has 200 valence electrons. The van der Waals surface area contributed by atoms with Gasteiger partial charge in [0.25, 0.3) is 5.91 Å². The molecule has 3 aromatic rings. The van der Waals surface area contributed by atoms with Gasteiger partial charge in [0.05, 0.1) is 18.0 Å². The van der Waals surface area contributed by atoms with Crippen LogP contribution in [0.5, 0.6) is 5.88 Å². The highest BCUT2D eigenvalue weighted by atomic mass is 32.1. The van der Waals surface area contributed by atoms with E-state index in [1.54, 1.807) is 18.3 Å². The Balaban J connectivity index is 1.33. The number of nitrogens with two attached hydrogens (primary N) is 1. The molecule has 1 aromatic carbocycles. The molecule has 1 aliphatic heterocycles. The van der Waals surface area contributed by atoms with Crippen LogP contribution in [0.3, 0.4) is 0 Å². The van der Waals surface area contributed by atoms with Crippen molar-refractivity contribution in [2.24, 2.45) is 5.92 Å². The Morgan fingerprint density at radius 3 is 2.66 bits per heavy atom. The Morgan fingerprint density at radius 2 is 2.00 bits per heavy atom. The predicted molar refractivity (Wildman–Crippen MR) is 150 cm³/mol. The first-order chi connectivity index (χ1) is 18.4. The van der Waals surface area contributed by atoms with Gasteiger partial charge in [-0.05, 0) is 58.9 Å². The summed E-state index contributed by atoms with van der Waals surface area (Å²) in [5, 5.41) is 13.4. The number of nitriles is 1. The maximum atomic E-state index is 12.8. The van der Waals surface area contributed by atoms with Crippen LogP contribution in [0.15, 0.2) is 36.4 Å². The maximum absolute atomic E-state index is 12.8. The summed E-state index contributed by atoms with van der Waals surface area (Å²) in [5.41, 5.74) is 8.77. The standard InChI is InChI=1S/C28H35N7O2S/c1-4-37-27-21(15-29)22(30)14-23(32-27)26(36)31-16-19-10-12-35(13-11-19)18-25-24(17-34(2)3)33-28(38-25)20-8-6-5-7-9-20/h5-9,14,19H,4,10-13,16-18H2,1-3H3,(H2,30,32)(H,31,36). The number of hydrogen-bond donors (Lipinski definition) is 2. The number of ether oxygens (including phenoxy) is 1. The third-order valence-electron chi connectivity index (χ3n) is 6.53. The molecule has 1 aliphatic rings. The molecule has 3 heterocycles. The summed E-state index contributed by atoms with van der Waals surface area (Å²) in [6.45, 7) is 6.34. The quantitative estimate of drug-likeness (QED) is 0.404. The molecule has 3 N–H and O–H groups in total. The van der Waals surface area contributed by atoms with Gasteiger partial charge in [0.1, 0.15) is 22.3 Å². The van der Waals surface area contributed by atoms with Crippen molar-refractivity contribution >= 4 is 22.9 Å². The number of carbonyl (C=O) groups is 1. The molecule has 10 heteroatoms. The number of piperidine rings is 1. The Bertz CT molecular complexity index is 1280. The van der Waals surface area contributed by atoms with Crippen molar-refractivity contribution in [1.82, 2.24) is 25.1 Å². The first-order valence-corrected chi connectivity index (χ1v) is 13.7. The van der Waals surface area contributed by atoms with Crippen LogP contribution in [0.1, 0.15) is 46.4 Å². The van der Waals surface area contributed by atoms with E-state index in [4.69, 9.17) is 15.5 Å². The summed E-state index contributed by atoms with van der Waals surface area (Å²) in [6, 6.07) is 13.8. The normalized spacial score (nSPS) is 14.4. The molecule has 0 aliphatic carbocycles. The summed E-state index contributed by atoms with van der Waals surface area (Å²) in [4.78, 5) is 27.9. The van der Waals surface area contributed by atoms with Crippen LogP contribution in [0.2, 0.25) is 0 Å². The zero-order chi connectivity index (χ0) is 27.1. The zero-order valence-corrected chi connectivity index (χ0v) is 23.1. The zero-order valence-electron chi connectivity index (χ0n) is 22.2. The number of aromatic nitrogens is 2. The number of hydrogen-bond acceptors (Lipinski definition) is 9. The smallest absolute Gasteiger partial charge is 0.270 e. The lowest BCUT2D eigenvalue weighted by Crippen LogP contribution is -2.38. The summed E-state index contributed by atoms with van der Waals surface area (Å²) in [6.07, 6.45) is 2.00. The molecular weight excluding hydrogens is 498 g/mol. The van der Waals surface area contributed by atoms with Crippen molar-refractivity contribution in [2.45, 2.75) is 32.9 Å². The Kier molecular flexibility index (Phi) is 9.29. The van der Waals surface area contributed by atoms with Crippen LogP contribution >= 0.6 is 11.3 Å². The second-order valence-corrected chi connectivity index (χ2v) is 10.8. The monoisotopic (exact) mass is 533 g/mol. The highest BCUT2D eigenvalue weighted by Gasteiger charge is 2.23. The Hall–Kier alpha value is -3.52. The molecule has 9 nitrogen and oxygen atoms in total. The fourth-order valence-corrected chi connectivity index (χ4v) is 5.64. The van der Waals surface area contributed by atoms with Crippen LogP contribution in [0.4, 0.5) is 5.69 Å². The van der Waals surface area contributed by atoms with Gasteiger partial charge in [-0.2, -0.15) is 5.26 Å². The van der Waals surface area contributed by atoms with E-state index < -0.39 is 0 Å². The van der Waals surface area contributed by atoms with Gasteiger partial charge < -0.3 is 20.7 Å². The van der Waals surface area contributed by atoms with Crippen molar-refractivity contribution in [3.05, 3.63) is 58.2 Å². The van der Waals surface area contributed by atoms with Crippen molar-refractivity contribution < 1.29 is 9.53 Å². The minimum atomic E-state index is -0.309. The van der Waals surface area contributed by atoms with Gasteiger partial charge in [-0.15, -0.1) is 11.3 Å². The molecule has 0 saturated carbocycles. The fourth-order valence-electron chi connectivity index (χ4n) is 4.52. The van der Waals surface area contributed by atoms with E-state index in [0.717, 1.165) is 55.3 Å². The van der Waals surface area contributed by atoms with E-state index in [2.05, 4.69) is 58.5 Å². The molecule has 0 bridgehead atoms. The Morgan fingerprint density at radius 1 is 1.26 bits per heavy atom. The number of pyridine rings is 1. The van der Waals surface area contributed by atoms with Gasteiger partial charge in [-0.1, -0.05) is 30.3 Å². The topological polar surface area (TPSA) is 120 Å². The van der Waals surface area contributed by atoms with E-state index in [1.807, 2.05) is 12.1 Å². The largest absolute Gasteiger partial charge is 0.477 e. The number of benzene rings is 1.